The summed E-state index contributed by atoms with van der Waals surface area (Å²) >= 11 is 0. The molecule has 1 aliphatic rings. The van der Waals surface area contributed by atoms with Gasteiger partial charge < -0.3 is 9.94 Å². The summed E-state index contributed by atoms with van der Waals surface area (Å²) in [7, 11) is 0. The Balaban J connectivity index is 2.36. The molecular formula is C5H9NO2. The van der Waals surface area contributed by atoms with Crippen molar-refractivity contribution in [1.29, 1.82) is 0 Å². The first-order chi connectivity index (χ1) is 3.80. The minimum Gasteiger partial charge on any atom is -0.395 e. The topological polar surface area (TPSA) is 41.8 Å². The minimum absolute atomic E-state index is 0.106. The van der Waals surface area contributed by atoms with Gasteiger partial charge in [0.15, 0.2) is 0 Å². The summed E-state index contributed by atoms with van der Waals surface area (Å²) in [5.74, 6) is 0.106. The van der Waals surface area contributed by atoms with E-state index in [0.29, 0.717) is 6.61 Å². The first-order valence-corrected chi connectivity index (χ1v) is 2.64. The lowest BCUT2D eigenvalue weighted by molar-refractivity contribution is 0.0943. The second kappa shape index (κ2) is 2.13. The van der Waals surface area contributed by atoms with Crippen molar-refractivity contribution >= 4 is 6.21 Å². The van der Waals surface area contributed by atoms with Crippen LogP contribution in [0, 0.1) is 5.92 Å². The van der Waals surface area contributed by atoms with Gasteiger partial charge in [-0.2, -0.15) is 0 Å². The average molecular weight is 115 g/mol. The quantitative estimate of drug-likeness (QED) is 0.522. The molecule has 1 N–H and O–H groups in total. The normalized spacial score (nSPS) is 30.0. The van der Waals surface area contributed by atoms with Crippen LogP contribution in [0.15, 0.2) is 5.16 Å². The Kier molecular flexibility index (Phi) is 1.48. The maximum atomic E-state index is 8.88. The molecule has 0 aromatic heterocycles. The van der Waals surface area contributed by atoms with E-state index in [1.165, 1.54) is 0 Å². The van der Waals surface area contributed by atoms with Crippen LogP contribution < -0.4 is 0 Å². The fourth-order valence-electron chi connectivity index (χ4n) is 0.557. The monoisotopic (exact) mass is 115 g/mol. The lowest BCUT2D eigenvalue weighted by Crippen LogP contribution is -2.18. The van der Waals surface area contributed by atoms with E-state index in [2.05, 4.69) is 9.99 Å². The summed E-state index contributed by atoms with van der Waals surface area (Å²) in [5.41, 5.74) is 0. The van der Waals surface area contributed by atoms with E-state index in [0.717, 1.165) is 0 Å². The van der Waals surface area contributed by atoms with Crippen molar-refractivity contribution in [2.75, 3.05) is 6.61 Å². The van der Waals surface area contributed by atoms with Crippen LogP contribution in [0.25, 0.3) is 0 Å². The Bertz CT molecular complexity index is 101. The third kappa shape index (κ3) is 0.980. The number of aliphatic hydroxyl groups is 1. The summed E-state index contributed by atoms with van der Waals surface area (Å²) in [6.45, 7) is 2.25. The van der Waals surface area contributed by atoms with Crippen LogP contribution in [0.1, 0.15) is 6.92 Å². The molecule has 0 bridgehead atoms. The predicted molar refractivity (Wildman–Crippen MR) is 29.6 cm³/mol. The van der Waals surface area contributed by atoms with Gasteiger partial charge in [-0.05, 0) is 6.92 Å². The van der Waals surface area contributed by atoms with Gasteiger partial charge in [0, 0.05) is 0 Å². The molecule has 1 aliphatic heterocycles. The zero-order chi connectivity index (χ0) is 5.98. The fourth-order valence-corrected chi connectivity index (χ4v) is 0.557. The molecule has 0 spiro atoms. The second-order valence-electron chi connectivity index (χ2n) is 1.95. The van der Waals surface area contributed by atoms with E-state index < -0.39 is 0 Å². The Labute approximate surface area is 48.0 Å². The molecule has 0 aromatic carbocycles. The Morgan fingerprint density at radius 1 is 2.00 bits per heavy atom. The van der Waals surface area contributed by atoms with Gasteiger partial charge in [0.2, 0.25) is 0 Å². The third-order valence-corrected chi connectivity index (χ3v) is 1.21. The number of hydrogen-bond donors (Lipinski definition) is 1. The average Bonchev–Trinajstić information content (AvgIpc) is 2.12. The molecule has 1 rings (SSSR count). The van der Waals surface area contributed by atoms with Crippen LogP contribution in [0.4, 0.5) is 0 Å². The lowest BCUT2D eigenvalue weighted by atomic mass is 10.1. The van der Waals surface area contributed by atoms with Gasteiger partial charge in [0.05, 0.1) is 18.2 Å². The highest BCUT2D eigenvalue weighted by Gasteiger charge is 2.16. The number of rotatable bonds is 1. The van der Waals surface area contributed by atoms with Crippen molar-refractivity contribution in [3.05, 3.63) is 0 Å². The first kappa shape index (κ1) is 5.56. The third-order valence-electron chi connectivity index (χ3n) is 1.21. The van der Waals surface area contributed by atoms with Gasteiger partial charge in [-0.25, -0.2) is 0 Å². The number of nitrogens with zero attached hydrogens (tertiary/aromatic N) is 1. The summed E-state index contributed by atoms with van der Waals surface area (Å²) in [5, 5.41) is 12.4. The summed E-state index contributed by atoms with van der Waals surface area (Å²) in [6.07, 6.45) is 1.30. The molecule has 0 aliphatic carbocycles. The highest BCUT2D eigenvalue weighted by molar-refractivity contribution is 5.62. The Morgan fingerprint density at radius 3 is 3.00 bits per heavy atom. The molecular weight excluding hydrogens is 106 g/mol. The van der Waals surface area contributed by atoms with Gasteiger partial charge >= 0.3 is 0 Å². The van der Waals surface area contributed by atoms with Crippen LogP contribution >= 0.6 is 0 Å². The van der Waals surface area contributed by atoms with Crippen LogP contribution in [-0.2, 0) is 4.84 Å². The number of oxime groups is 1. The van der Waals surface area contributed by atoms with E-state index in [1.54, 1.807) is 13.1 Å². The van der Waals surface area contributed by atoms with Crippen molar-refractivity contribution in [3.8, 4) is 0 Å². The zero-order valence-corrected chi connectivity index (χ0v) is 4.74. The van der Waals surface area contributed by atoms with Crippen LogP contribution in [0.2, 0.25) is 0 Å². The Hall–Kier alpha value is -0.570. The van der Waals surface area contributed by atoms with E-state index in [9.17, 15) is 0 Å². The van der Waals surface area contributed by atoms with Gasteiger partial charge in [0.1, 0.15) is 6.61 Å². The SMILES string of the molecule is C[C@@H](O)[C@@H]1C=NOC1. The molecule has 0 amide bonds. The standard InChI is InChI=1S/C5H9NO2/c1-4(7)5-2-6-8-3-5/h2,4-5,7H,3H2,1H3/t4-,5-/m1/s1. The van der Waals surface area contributed by atoms with E-state index in [-0.39, 0.29) is 12.0 Å². The van der Waals surface area contributed by atoms with Gasteiger partial charge in [-0.1, -0.05) is 5.16 Å². The second-order valence-corrected chi connectivity index (χ2v) is 1.95. The van der Waals surface area contributed by atoms with Crippen molar-refractivity contribution in [2.24, 2.45) is 11.1 Å². The molecule has 0 fully saturated rings. The molecule has 0 unspecified atom stereocenters. The van der Waals surface area contributed by atoms with Gasteiger partial charge in [0.25, 0.3) is 0 Å². The smallest absolute Gasteiger partial charge is 0.127 e. The maximum absolute atomic E-state index is 8.88. The Morgan fingerprint density at radius 2 is 2.75 bits per heavy atom. The highest BCUT2D eigenvalue weighted by Crippen LogP contribution is 2.06. The van der Waals surface area contributed by atoms with E-state index in [4.69, 9.17) is 5.11 Å². The molecule has 0 saturated heterocycles. The molecule has 46 valence electrons. The number of aliphatic hydroxyl groups excluding tert-OH is 1. The molecule has 0 aromatic rings. The van der Waals surface area contributed by atoms with Crippen LogP contribution in [0.3, 0.4) is 0 Å². The molecule has 1 heterocycles. The molecule has 2 atom stereocenters. The zero-order valence-electron chi connectivity index (χ0n) is 4.74. The van der Waals surface area contributed by atoms with Gasteiger partial charge in [-0.3, -0.25) is 0 Å². The van der Waals surface area contributed by atoms with Crippen molar-refractivity contribution < 1.29 is 9.94 Å². The summed E-state index contributed by atoms with van der Waals surface area (Å²) < 4.78 is 0. The summed E-state index contributed by atoms with van der Waals surface area (Å²) in [6, 6.07) is 0. The summed E-state index contributed by atoms with van der Waals surface area (Å²) in [4.78, 5) is 4.63. The first-order valence-electron chi connectivity index (χ1n) is 2.64. The van der Waals surface area contributed by atoms with E-state index >= 15 is 0 Å². The molecule has 0 saturated carbocycles. The van der Waals surface area contributed by atoms with Gasteiger partial charge in [-0.15, -0.1) is 0 Å². The number of hydrogen-bond acceptors (Lipinski definition) is 3. The van der Waals surface area contributed by atoms with Crippen molar-refractivity contribution in [1.82, 2.24) is 0 Å². The van der Waals surface area contributed by atoms with E-state index in [1.807, 2.05) is 0 Å². The highest BCUT2D eigenvalue weighted by atomic mass is 16.6. The largest absolute Gasteiger partial charge is 0.395 e. The molecule has 8 heavy (non-hydrogen) atoms. The predicted octanol–water partition coefficient (Wildman–Crippen LogP) is -0.000600. The molecule has 3 nitrogen and oxygen atoms in total. The maximum Gasteiger partial charge on any atom is 0.127 e. The van der Waals surface area contributed by atoms with Crippen molar-refractivity contribution in [2.45, 2.75) is 13.0 Å². The minimum atomic E-state index is -0.332. The fraction of sp³-hybridized carbons (Fsp3) is 0.800. The van der Waals surface area contributed by atoms with Crippen molar-refractivity contribution in [3.63, 3.8) is 0 Å². The molecule has 0 radical (unpaired) electrons. The van der Waals surface area contributed by atoms with Crippen LogP contribution in [-0.4, -0.2) is 24.0 Å². The lowest BCUT2D eigenvalue weighted by Gasteiger charge is -2.05. The van der Waals surface area contributed by atoms with Crippen LogP contribution in [0.5, 0.6) is 0 Å². The molecule has 3 heteroatoms.